The highest BCUT2D eigenvalue weighted by Crippen LogP contribution is 2.17. The minimum absolute atomic E-state index is 0.156. The first-order valence-corrected chi connectivity index (χ1v) is 8.06. The Morgan fingerprint density at radius 1 is 1.42 bits per heavy atom. The molecule has 0 spiro atoms. The number of amides is 1. The first-order chi connectivity index (χ1) is 11.6. The maximum atomic E-state index is 13.1. The van der Waals surface area contributed by atoms with Gasteiger partial charge in [-0.3, -0.25) is 4.79 Å². The molecule has 0 radical (unpaired) electrons. The maximum Gasteiger partial charge on any atom is 0.239 e. The summed E-state index contributed by atoms with van der Waals surface area (Å²) in [7, 11) is 0. The van der Waals surface area contributed by atoms with Gasteiger partial charge in [0.15, 0.2) is 0 Å². The molecule has 1 unspecified atom stereocenters. The zero-order chi connectivity index (χ0) is 16.9. The molecule has 0 aliphatic carbocycles. The van der Waals surface area contributed by atoms with Gasteiger partial charge in [0.05, 0.1) is 24.0 Å². The van der Waals surface area contributed by atoms with Crippen molar-refractivity contribution in [2.45, 2.75) is 25.9 Å². The van der Waals surface area contributed by atoms with Gasteiger partial charge in [0, 0.05) is 19.2 Å². The number of nitrogens with one attached hydrogen (secondary N) is 2. The molecule has 128 valence electrons. The lowest BCUT2D eigenvalue weighted by molar-refractivity contribution is -0.115. The van der Waals surface area contributed by atoms with E-state index in [0.29, 0.717) is 18.1 Å². The van der Waals surface area contributed by atoms with Gasteiger partial charge in [0.2, 0.25) is 5.91 Å². The molecule has 3 rings (SSSR count). The summed E-state index contributed by atoms with van der Waals surface area (Å²) in [6.45, 7) is 3.51. The smallest absolute Gasteiger partial charge is 0.239 e. The number of hydrogen-bond donors (Lipinski definition) is 2. The molecule has 0 bridgehead atoms. The lowest BCUT2D eigenvalue weighted by Crippen LogP contribution is -2.33. The van der Waals surface area contributed by atoms with Crippen molar-refractivity contribution < 1.29 is 13.9 Å². The van der Waals surface area contributed by atoms with Crippen molar-refractivity contribution in [3.8, 4) is 5.69 Å². The standard InChI is InChI=1S/C17H21FN4O2/c1-12-9-16(22(21-12)14-6-4-13(18)5-7-14)20-17(23)11-19-10-15-3-2-8-24-15/h4-7,9,15,19H,2-3,8,10-11H2,1H3,(H,20,23). The van der Waals surface area contributed by atoms with Crippen molar-refractivity contribution in [3.05, 3.63) is 41.8 Å². The largest absolute Gasteiger partial charge is 0.377 e. The van der Waals surface area contributed by atoms with Crippen molar-refractivity contribution in [2.24, 2.45) is 0 Å². The Hall–Kier alpha value is -2.25. The quantitative estimate of drug-likeness (QED) is 0.849. The highest BCUT2D eigenvalue weighted by molar-refractivity contribution is 5.91. The third kappa shape index (κ3) is 4.18. The molecule has 0 saturated carbocycles. The number of rotatable bonds is 6. The van der Waals surface area contributed by atoms with E-state index in [4.69, 9.17) is 4.74 Å². The summed E-state index contributed by atoms with van der Waals surface area (Å²) in [6, 6.07) is 7.74. The Labute approximate surface area is 140 Å². The molecular formula is C17H21FN4O2. The van der Waals surface area contributed by atoms with Crippen molar-refractivity contribution in [3.63, 3.8) is 0 Å². The number of anilines is 1. The van der Waals surface area contributed by atoms with Crippen LogP contribution in [0.15, 0.2) is 30.3 Å². The fourth-order valence-electron chi connectivity index (χ4n) is 2.71. The predicted molar refractivity (Wildman–Crippen MR) is 88.7 cm³/mol. The minimum Gasteiger partial charge on any atom is -0.377 e. The first kappa shape index (κ1) is 16.6. The van der Waals surface area contributed by atoms with Crippen LogP contribution in [0.4, 0.5) is 10.2 Å². The molecule has 1 saturated heterocycles. The Morgan fingerprint density at radius 3 is 2.92 bits per heavy atom. The summed E-state index contributed by atoms with van der Waals surface area (Å²) < 4.78 is 20.2. The average Bonchev–Trinajstić information content (AvgIpc) is 3.18. The normalized spacial score (nSPS) is 17.2. The summed E-state index contributed by atoms with van der Waals surface area (Å²) >= 11 is 0. The van der Waals surface area contributed by atoms with Gasteiger partial charge in [-0.2, -0.15) is 5.10 Å². The Balaban J connectivity index is 1.60. The third-order valence-corrected chi connectivity index (χ3v) is 3.85. The molecule has 1 atom stereocenters. The van der Waals surface area contributed by atoms with E-state index in [1.165, 1.54) is 12.1 Å². The van der Waals surface area contributed by atoms with Gasteiger partial charge in [0.25, 0.3) is 0 Å². The molecule has 7 heteroatoms. The minimum atomic E-state index is -0.313. The highest BCUT2D eigenvalue weighted by Gasteiger charge is 2.16. The molecule has 2 N–H and O–H groups in total. The van der Waals surface area contributed by atoms with E-state index >= 15 is 0 Å². The molecule has 1 aromatic carbocycles. The summed E-state index contributed by atoms with van der Waals surface area (Å²) in [5.74, 6) is 0.0887. The van der Waals surface area contributed by atoms with Crippen LogP contribution in [0, 0.1) is 12.7 Å². The van der Waals surface area contributed by atoms with E-state index in [9.17, 15) is 9.18 Å². The second-order valence-corrected chi connectivity index (χ2v) is 5.87. The van der Waals surface area contributed by atoms with Crippen LogP contribution in [0.5, 0.6) is 0 Å². The number of carbonyl (C=O) groups excluding carboxylic acids is 1. The van der Waals surface area contributed by atoms with Gasteiger partial charge in [-0.1, -0.05) is 0 Å². The van der Waals surface area contributed by atoms with E-state index in [0.717, 1.165) is 25.1 Å². The summed E-state index contributed by atoms with van der Waals surface area (Å²) in [5.41, 5.74) is 1.45. The van der Waals surface area contributed by atoms with Crippen LogP contribution >= 0.6 is 0 Å². The molecule has 1 amide bonds. The number of carbonyl (C=O) groups is 1. The Kier molecular flexibility index (Phi) is 5.22. The molecule has 24 heavy (non-hydrogen) atoms. The zero-order valence-electron chi connectivity index (χ0n) is 13.6. The van der Waals surface area contributed by atoms with Crippen LogP contribution in [0.25, 0.3) is 5.69 Å². The average molecular weight is 332 g/mol. The lowest BCUT2D eigenvalue weighted by atomic mass is 10.2. The monoisotopic (exact) mass is 332 g/mol. The Bertz CT molecular complexity index is 693. The van der Waals surface area contributed by atoms with Gasteiger partial charge in [-0.05, 0) is 44.0 Å². The fraction of sp³-hybridized carbons (Fsp3) is 0.412. The van der Waals surface area contributed by atoms with Crippen LogP contribution in [0.3, 0.4) is 0 Å². The summed E-state index contributed by atoms with van der Waals surface area (Å²) in [6.07, 6.45) is 2.31. The summed E-state index contributed by atoms with van der Waals surface area (Å²) in [4.78, 5) is 12.1. The number of ether oxygens (including phenoxy) is 1. The molecule has 2 heterocycles. The number of benzene rings is 1. The topological polar surface area (TPSA) is 68.2 Å². The molecule has 1 fully saturated rings. The van der Waals surface area contributed by atoms with Crippen LogP contribution in [0.1, 0.15) is 18.5 Å². The van der Waals surface area contributed by atoms with Crippen molar-refractivity contribution in [2.75, 3.05) is 25.0 Å². The number of aromatic nitrogens is 2. The van der Waals surface area contributed by atoms with Crippen LogP contribution in [-0.4, -0.2) is 41.5 Å². The maximum absolute atomic E-state index is 13.1. The van der Waals surface area contributed by atoms with Gasteiger partial charge in [-0.25, -0.2) is 9.07 Å². The third-order valence-electron chi connectivity index (χ3n) is 3.85. The second kappa shape index (κ2) is 7.55. The van der Waals surface area contributed by atoms with Gasteiger partial charge >= 0.3 is 0 Å². The van der Waals surface area contributed by atoms with Crippen molar-refractivity contribution in [1.29, 1.82) is 0 Å². The van der Waals surface area contributed by atoms with E-state index in [1.54, 1.807) is 22.9 Å². The van der Waals surface area contributed by atoms with Crippen molar-refractivity contribution in [1.82, 2.24) is 15.1 Å². The molecule has 1 aromatic heterocycles. The van der Waals surface area contributed by atoms with E-state index in [-0.39, 0.29) is 24.4 Å². The van der Waals surface area contributed by atoms with Crippen molar-refractivity contribution >= 4 is 11.7 Å². The fourth-order valence-corrected chi connectivity index (χ4v) is 2.71. The van der Waals surface area contributed by atoms with Crippen LogP contribution in [-0.2, 0) is 9.53 Å². The number of halogens is 1. The first-order valence-electron chi connectivity index (χ1n) is 8.06. The van der Waals surface area contributed by atoms with E-state index < -0.39 is 0 Å². The second-order valence-electron chi connectivity index (χ2n) is 5.87. The summed E-state index contributed by atoms with van der Waals surface area (Å²) in [5, 5.41) is 10.3. The molecule has 2 aromatic rings. The number of nitrogens with zero attached hydrogens (tertiary/aromatic N) is 2. The molecular weight excluding hydrogens is 311 g/mol. The Morgan fingerprint density at radius 2 is 2.21 bits per heavy atom. The number of aryl methyl sites for hydroxylation is 1. The van der Waals surface area contributed by atoms with Gasteiger partial charge in [-0.15, -0.1) is 0 Å². The molecule has 1 aliphatic heterocycles. The highest BCUT2D eigenvalue weighted by atomic mass is 19.1. The lowest BCUT2D eigenvalue weighted by Gasteiger charge is -2.12. The van der Waals surface area contributed by atoms with Gasteiger partial charge < -0.3 is 15.4 Å². The van der Waals surface area contributed by atoms with E-state index in [2.05, 4.69) is 15.7 Å². The number of hydrogen-bond acceptors (Lipinski definition) is 4. The van der Waals surface area contributed by atoms with Crippen LogP contribution in [0.2, 0.25) is 0 Å². The van der Waals surface area contributed by atoms with E-state index in [1.807, 2.05) is 6.92 Å². The van der Waals surface area contributed by atoms with Gasteiger partial charge in [0.1, 0.15) is 11.6 Å². The SMILES string of the molecule is Cc1cc(NC(=O)CNCC2CCCO2)n(-c2ccc(F)cc2)n1. The predicted octanol–water partition coefficient (Wildman–Crippen LogP) is 2.03. The zero-order valence-corrected chi connectivity index (χ0v) is 13.6. The molecule has 6 nitrogen and oxygen atoms in total. The molecule has 1 aliphatic rings. The van der Waals surface area contributed by atoms with Crippen LogP contribution < -0.4 is 10.6 Å².